The Morgan fingerprint density at radius 3 is 2.64 bits per heavy atom. The number of carbonyl (C=O) groups is 2. The number of halogens is 1. The predicted octanol–water partition coefficient (Wildman–Crippen LogP) is 4.00. The maximum absolute atomic E-state index is 12.1. The Kier molecular flexibility index (Phi) is 5.14. The smallest absolute Gasteiger partial charge is 0.306 e. The van der Waals surface area contributed by atoms with Crippen molar-refractivity contribution >= 4 is 29.0 Å². The third kappa shape index (κ3) is 4.06. The van der Waals surface area contributed by atoms with Crippen molar-refractivity contribution < 1.29 is 14.3 Å². The zero-order valence-corrected chi connectivity index (χ0v) is 14.5. The third-order valence-electron chi connectivity index (χ3n) is 3.92. The van der Waals surface area contributed by atoms with Crippen LogP contribution in [0.2, 0.25) is 5.02 Å². The fourth-order valence-electron chi connectivity index (χ4n) is 2.55. The number of imidazole rings is 1. The van der Waals surface area contributed by atoms with Crippen LogP contribution in [0, 0.1) is 6.92 Å². The van der Waals surface area contributed by atoms with Crippen LogP contribution in [0.25, 0.3) is 5.65 Å². The van der Waals surface area contributed by atoms with Crippen molar-refractivity contribution in [2.45, 2.75) is 26.4 Å². The Balaban J connectivity index is 1.55. The molecule has 0 saturated carbocycles. The molecule has 0 spiro atoms. The minimum absolute atomic E-state index is 0.0389. The van der Waals surface area contributed by atoms with E-state index in [0.29, 0.717) is 10.6 Å². The van der Waals surface area contributed by atoms with Gasteiger partial charge in [-0.2, -0.15) is 0 Å². The number of fused-ring (bicyclic) bond motifs is 1. The van der Waals surface area contributed by atoms with Crippen LogP contribution in [-0.4, -0.2) is 21.1 Å². The van der Waals surface area contributed by atoms with Gasteiger partial charge in [0.25, 0.3) is 0 Å². The first-order chi connectivity index (χ1) is 12.0. The Morgan fingerprint density at radius 1 is 1.12 bits per heavy atom. The Morgan fingerprint density at radius 2 is 1.88 bits per heavy atom. The highest BCUT2D eigenvalue weighted by Crippen LogP contribution is 2.14. The van der Waals surface area contributed by atoms with Crippen molar-refractivity contribution in [3.05, 3.63) is 70.6 Å². The molecule has 3 aromatic rings. The van der Waals surface area contributed by atoms with E-state index in [2.05, 4.69) is 4.98 Å². The molecule has 25 heavy (non-hydrogen) atoms. The number of esters is 1. The molecule has 128 valence electrons. The molecule has 0 aliphatic heterocycles. The van der Waals surface area contributed by atoms with Crippen LogP contribution in [0.15, 0.2) is 48.7 Å². The Hall–Kier alpha value is -2.66. The average molecular weight is 357 g/mol. The van der Waals surface area contributed by atoms with Gasteiger partial charge in [-0.1, -0.05) is 17.7 Å². The topological polar surface area (TPSA) is 60.7 Å². The van der Waals surface area contributed by atoms with Crippen molar-refractivity contribution in [2.75, 3.05) is 0 Å². The van der Waals surface area contributed by atoms with Crippen molar-refractivity contribution in [1.82, 2.24) is 9.38 Å². The predicted molar refractivity (Wildman–Crippen MR) is 94.7 cm³/mol. The molecule has 0 atom stereocenters. The van der Waals surface area contributed by atoms with E-state index in [-0.39, 0.29) is 25.2 Å². The summed E-state index contributed by atoms with van der Waals surface area (Å²) in [7, 11) is 0. The first-order valence-electron chi connectivity index (χ1n) is 7.91. The summed E-state index contributed by atoms with van der Waals surface area (Å²) in [5.74, 6) is -0.521. The highest BCUT2D eigenvalue weighted by Gasteiger charge is 2.13. The molecule has 0 amide bonds. The average Bonchev–Trinajstić information content (AvgIpc) is 2.93. The Labute approximate surface area is 150 Å². The fourth-order valence-corrected chi connectivity index (χ4v) is 2.68. The fraction of sp³-hybridized carbons (Fsp3) is 0.211. The molecular formula is C19H17ClN2O3. The highest BCUT2D eigenvalue weighted by molar-refractivity contribution is 6.30. The normalized spacial score (nSPS) is 10.8. The van der Waals surface area contributed by atoms with Gasteiger partial charge in [0, 0.05) is 23.2 Å². The number of aromatic nitrogens is 2. The van der Waals surface area contributed by atoms with Gasteiger partial charge in [-0.25, -0.2) is 4.98 Å². The number of aryl methyl sites for hydroxylation is 1. The molecule has 0 unspecified atom stereocenters. The lowest BCUT2D eigenvalue weighted by Gasteiger charge is -2.06. The minimum Gasteiger partial charge on any atom is -0.459 e. The van der Waals surface area contributed by atoms with Gasteiger partial charge in [0.1, 0.15) is 12.3 Å². The maximum atomic E-state index is 12.1. The van der Waals surface area contributed by atoms with E-state index in [0.717, 1.165) is 17.0 Å². The molecule has 0 radical (unpaired) electrons. The summed E-state index contributed by atoms with van der Waals surface area (Å²) in [4.78, 5) is 28.4. The number of carbonyl (C=O) groups excluding carboxylic acids is 2. The monoisotopic (exact) mass is 356 g/mol. The summed E-state index contributed by atoms with van der Waals surface area (Å²) < 4.78 is 7.20. The summed E-state index contributed by atoms with van der Waals surface area (Å²) in [6.45, 7) is 2.01. The minimum atomic E-state index is -0.410. The SMILES string of the molecule is Cc1nc2ccccn2c1COC(=O)CCC(=O)c1ccc(Cl)cc1. The van der Waals surface area contributed by atoms with Crippen LogP contribution in [-0.2, 0) is 16.1 Å². The van der Waals surface area contributed by atoms with Crippen molar-refractivity contribution in [3.8, 4) is 0 Å². The molecule has 0 N–H and O–H groups in total. The van der Waals surface area contributed by atoms with E-state index in [1.54, 1.807) is 24.3 Å². The zero-order chi connectivity index (χ0) is 17.8. The molecule has 0 bridgehead atoms. The lowest BCUT2D eigenvalue weighted by atomic mass is 10.1. The van der Waals surface area contributed by atoms with Crippen molar-refractivity contribution in [2.24, 2.45) is 0 Å². The number of pyridine rings is 1. The number of ether oxygens (including phenoxy) is 1. The summed E-state index contributed by atoms with van der Waals surface area (Å²) in [6, 6.07) is 12.3. The van der Waals surface area contributed by atoms with Gasteiger partial charge in [0.05, 0.1) is 17.8 Å². The number of Topliss-reactive ketones (excluding diaryl/α,β-unsaturated/α-hetero) is 1. The molecule has 0 saturated heterocycles. The van der Waals surface area contributed by atoms with Gasteiger partial charge in [-0.3, -0.25) is 9.59 Å². The summed E-state index contributed by atoms with van der Waals surface area (Å²) >= 11 is 5.80. The van der Waals surface area contributed by atoms with Crippen molar-refractivity contribution in [1.29, 1.82) is 0 Å². The number of hydrogen-bond donors (Lipinski definition) is 0. The molecular weight excluding hydrogens is 340 g/mol. The van der Waals surface area contributed by atoms with Gasteiger partial charge in [-0.05, 0) is 43.3 Å². The van der Waals surface area contributed by atoms with Crippen LogP contribution >= 0.6 is 11.6 Å². The number of nitrogens with zero attached hydrogens (tertiary/aromatic N) is 2. The van der Waals surface area contributed by atoms with Crippen LogP contribution in [0.3, 0.4) is 0 Å². The van der Waals surface area contributed by atoms with Gasteiger partial charge < -0.3 is 9.14 Å². The first kappa shape index (κ1) is 17.2. The van der Waals surface area contributed by atoms with E-state index in [9.17, 15) is 9.59 Å². The second kappa shape index (κ2) is 7.49. The molecule has 0 aliphatic carbocycles. The molecule has 6 heteroatoms. The summed E-state index contributed by atoms with van der Waals surface area (Å²) in [6.07, 6.45) is 2.02. The van der Waals surface area contributed by atoms with Gasteiger partial charge in [-0.15, -0.1) is 0 Å². The summed E-state index contributed by atoms with van der Waals surface area (Å²) in [5, 5.41) is 0.569. The van der Waals surface area contributed by atoms with E-state index in [4.69, 9.17) is 16.3 Å². The molecule has 0 aliphatic rings. The lowest BCUT2D eigenvalue weighted by molar-refractivity contribution is -0.145. The maximum Gasteiger partial charge on any atom is 0.306 e. The largest absolute Gasteiger partial charge is 0.459 e. The van der Waals surface area contributed by atoms with E-state index < -0.39 is 5.97 Å². The summed E-state index contributed by atoms with van der Waals surface area (Å²) in [5.41, 5.74) is 2.99. The second-order valence-corrected chi connectivity index (χ2v) is 6.10. The third-order valence-corrected chi connectivity index (χ3v) is 4.17. The number of rotatable bonds is 6. The first-order valence-corrected chi connectivity index (χ1v) is 8.29. The quantitative estimate of drug-likeness (QED) is 0.494. The van der Waals surface area contributed by atoms with Crippen LogP contribution in [0.1, 0.15) is 34.6 Å². The van der Waals surface area contributed by atoms with E-state index >= 15 is 0 Å². The number of ketones is 1. The number of benzene rings is 1. The standard InChI is InChI=1S/C19H17ClN2O3/c1-13-16(22-11-3-2-4-18(22)21-13)12-25-19(24)10-9-17(23)14-5-7-15(20)8-6-14/h2-8,11H,9-10,12H2,1H3. The van der Waals surface area contributed by atoms with Crippen LogP contribution in [0.5, 0.6) is 0 Å². The van der Waals surface area contributed by atoms with Crippen molar-refractivity contribution in [3.63, 3.8) is 0 Å². The van der Waals surface area contributed by atoms with Crippen LogP contribution in [0.4, 0.5) is 0 Å². The van der Waals surface area contributed by atoms with Gasteiger partial charge in [0.15, 0.2) is 5.78 Å². The lowest BCUT2D eigenvalue weighted by Crippen LogP contribution is -2.09. The molecule has 0 fully saturated rings. The van der Waals surface area contributed by atoms with E-state index in [1.165, 1.54) is 0 Å². The molecule has 5 nitrogen and oxygen atoms in total. The molecule has 1 aromatic carbocycles. The second-order valence-electron chi connectivity index (χ2n) is 5.66. The molecule has 3 rings (SSSR count). The van der Waals surface area contributed by atoms with Gasteiger partial charge >= 0.3 is 5.97 Å². The highest BCUT2D eigenvalue weighted by atomic mass is 35.5. The van der Waals surface area contributed by atoms with E-state index in [1.807, 2.05) is 35.7 Å². The molecule has 2 heterocycles. The van der Waals surface area contributed by atoms with Gasteiger partial charge in [0.2, 0.25) is 0 Å². The Bertz CT molecular complexity index is 916. The molecule has 2 aromatic heterocycles. The zero-order valence-electron chi connectivity index (χ0n) is 13.7. The van der Waals surface area contributed by atoms with Crippen LogP contribution < -0.4 is 0 Å². The number of hydrogen-bond acceptors (Lipinski definition) is 4.